The number of amides is 2. The Morgan fingerprint density at radius 1 is 1.50 bits per heavy atom. The summed E-state index contributed by atoms with van der Waals surface area (Å²) in [6.07, 6.45) is 3.63. The molecule has 0 aliphatic carbocycles. The Morgan fingerprint density at radius 3 is 2.89 bits per heavy atom. The van der Waals surface area contributed by atoms with Gasteiger partial charge < -0.3 is 5.32 Å². The number of aromatic nitrogens is 2. The van der Waals surface area contributed by atoms with Crippen molar-refractivity contribution in [3.8, 4) is 0 Å². The molecule has 1 atom stereocenters. The lowest BCUT2D eigenvalue weighted by molar-refractivity contribution is -0.125. The fourth-order valence-electron chi connectivity index (χ4n) is 2.10. The number of carbonyl (C=O) groups is 2. The molecule has 2 rings (SSSR count). The van der Waals surface area contributed by atoms with Crippen molar-refractivity contribution in [2.45, 2.75) is 32.2 Å². The van der Waals surface area contributed by atoms with Crippen molar-refractivity contribution in [1.29, 1.82) is 0 Å². The fraction of sp³-hybridized carbons (Fsp3) is 0.583. The minimum absolute atomic E-state index is 0.0681. The first kappa shape index (κ1) is 12.6. The standard InChI is InChI=1S/C12H18N4O2/c1-3-4-9-12(18)16(8-6-11(17)13-9)10-5-7-15(2)14-10/h5,7,9H,3-4,6,8H2,1-2H3,(H,13,17). The zero-order valence-corrected chi connectivity index (χ0v) is 10.7. The third kappa shape index (κ3) is 2.52. The smallest absolute Gasteiger partial charge is 0.250 e. The van der Waals surface area contributed by atoms with Gasteiger partial charge >= 0.3 is 0 Å². The summed E-state index contributed by atoms with van der Waals surface area (Å²) < 4.78 is 1.65. The van der Waals surface area contributed by atoms with Crippen LogP contribution in [0.2, 0.25) is 0 Å². The van der Waals surface area contributed by atoms with Gasteiger partial charge in [0.2, 0.25) is 5.91 Å². The van der Waals surface area contributed by atoms with E-state index in [-0.39, 0.29) is 11.8 Å². The summed E-state index contributed by atoms with van der Waals surface area (Å²) in [6, 6.07) is 1.36. The van der Waals surface area contributed by atoms with Crippen LogP contribution < -0.4 is 10.2 Å². The van der Waals surface area contributed by atoms with E-state index in [9.17, 15) is 9.59 Å². The molecule has 1 saturated heterocycles. The molecule has 0 saturated carbocycles. The number of rotatable bonds is 3. The SMILES string of the molecule is CCCC1NC(=O)CCN(c2ccn(C)n2)C1=O. The summed E-state index contributed by atoms with van der Waals surface area (Å²) in [6.45, 7) is 2.39. The molecule has 1 aliphatic heterocycles. The summed E-state index contributed by atoms with van der Waals surface area (Å²) in [7, 11) is 1.80. The van der Waals surface area contributed by atoms with E-state index in [2.05, 4.69) is 10.4 Å². The van der Waals surface area contributed by atoms with Crippen LogP contribution in [-0.2, 0) is 16.6 Å². The molecule has 1 aliphatic rings. The molecule has 1 aromatic rings. The molecule has 6 heteroatoms. The molecule has 2 heterocycles. The molecule has 6 nitrogen and oxygen atoms in total. The molecule has 0 bridgehead atoms. The highest BCUT2D eigenvalue weighted by molar-refractivity contribution is 6.00. The van der Waals surface area contributed by atoms with Crippen LogP contribution in [0.5, 0.6) is 0 Å². The van der Waals surface area contributed by atoms with Crippen LogP contribution >= 0.6 is 0 Å². The summed E-state index contributed by atoms with van der Waals surface area (Å²) in [4.78, 5) is 25.5. The Labute approximate surface area is 106 Å². The molecule has 0 aromatic carbocycles. The maximum absolute atomic E-state index is 12.4. The van der Waals surface area contributed by atoms with Gasteiger partial charge in [-0.05, 0) is 6.42 Å². The fourth-order valence-corrected chi connectivity index (χ4v) is 2.10. The largest absolute Gasteiger partial charge is 0.344 e. The minimum atomic E-state index is -0.424. The molecule has 0 radical (unpaired) electrons. The maximum atomic E-state index is 12.4. The highest BCUT2D eigenvalue weighted by Crippen LogP contribution is 2.16. The number of hydrogen-bond donors (Lipinski definition) is 1. The molecule has 1 unspecified atom stereocenters. The van der Waals surface area contributed by atoms with Crippen molar-refractivity contribution in [3.63, 3.8) is 0 Å². The van der Waals surface area contributed by atoms with Gasteiger partial charge in [0.05, 0.1) is 0 Å². The average Bonchev–Trinajstić information content (AvgIpc) is 2.69. The van der Waals surface area contributed by atoms with Crippen LogP contribution in [0.25, 0.3) is 0 Å². The third-order valence-corrected chi connectivity index (χ3v) is 3.02. The van der Waals surface area contributed by atoms with E-state index in [0.717, 1.165) is 6.42 Å². The summed E-state index contributed by atoms with van der Waals surface area (Å²) in [5.74, 6) is 0.474. The highest BCUT2D eigenvalue weighted by atomic mass is 16.2. The Hall–Kier alpha value is -1.85. The highest BCUT2D eigenvalue weighted by Gasteiger charge is 2.30. The first-order valence-corrected chi connectivity index (χ1v) is 6.22. The van der Waals surface area contributed by atoms with Gasteiger partial charge in [0.1, 0.15) is 6.04 Å². The van der Waals surface area contributed by atoms with Crippen molar-refractivity contribution in [3.05, 3.63) is 12.3 Å². The lowest BCUT2D eigenvalue weighted by Gasteiger charge is -2.21. The maximum Gasteiger partial charge on any atom is 0.250 e. The Kier molecular flexibility index (Phi) is 3.64. The summed E-state index contributed by atoms with van der Waals surface area (Å²) in [5, 5.41) is 7.00. The monoisotopic (exact) mass is 250 g/mol. The second kappa shape index (κ2) is 5.20. The molecular formula is C12H18N4O2. The summed E-state index contributed by atoms with van der Waals surface area (Å²) >= 11 is 0. The van der Waals surface area contributed by atoms with Crippen LogP contribution in [0.15, 0.2) is 12.3 Å². The van der Waals surface area contributed by atoms with Gasteiger partial charge in [-0.1, -0.05) is 13.3 Å². The minimum Gasteiger partial charge on any atom is -0.344 e. The number of nitrogens with one attached hydrogen (secondary N) is 1. The Morgan fingerprint density at radius 2 is 2.28 bits per heavy atom. The zero-order valence-electron chi connectivity index (χ0n) is 10.7. The number of nitrogens with zero attached hydrogens (tertiary/aromatic N) is 3. The predicted octanol–water partition coefficient (Wildman–Crippen LogP) is 0.442. The van der Waals surface area contributed by atoms with E-state index in [1.807, 2.05) is 6.92 Å². The van der Waals surface area contributed by atoms with Crippen LogP contribution in [0, 0.1) is 0 Å². The van der Waals surface area contributed by atoms with Crippen molar-refractivity contribution in [2.24, 2.45) is 7.05 Å². The van der Waals surface area contributed by atoms with Gasteiger partial charge in [-0.3, -0.25) is 19.2 Å². The van der Waals surface area contributed by atoms with E-state index >= 15 is 0 Å². The number of aryl methyl sites for hydroxylation is 1. The molecule has 1 fully saturated rings. The van der Waals surface area contributed by atoms with E-state index < -0.39 is 6.04 Å². The number of anilines is 1. The quantitative estimate of drug-likeness (QED) is 0.846. The van der Waals surface area contributed by atoms with Gasteiger partial charge in [0, 0.05) is 32.3 Å². The number of hydrogen-bond acceptors (Lipinski definition) is 3. The van der Waals surface area contributed by atoms with Crippen LogP contribution in [0.1, 0.15) is 26.2 Å². The molecule has 98 valence electrons. The van der Waals surface area contributed by atoms with Crippen molar-refractivity contribution >= 4 is 17.6 Å². The van der Waals surface area contributed by atoms with E-state index in [0.29, 0.717) is 25.2 Å². The Bertz CT molecular complexity index is 455. The molecule has 18 heavy (non-hydrogen) atoms. The van der Waals surface area contributed by atoms with Gasteiger partial charge in [0.25, 0.3) is 5.91 Å². The first-order valence-electron chi connectivity index (χ1n) is 6.22. The lowest BCUT2D eigenvalue weighted by Crippen LogP contribution is -2.44. The predicted molar refractivity (Wildman–Crippen MR) is 67.0 cm³/mol. The molecule has 1 N–H and O–H groups in total. The normalized spacial score (nSPS) is 20.8. The van der Waals surface area contributed by atoms with E-state index in [1.54, 1.807) is 28.9 Å². The van der Waals surface area contributed by atoms with Crippen LogP contribution in [0.3, 0.4) is 0 Å². The average molecular weight is 250 g/mol. The van der Waals surface area contributed by atoms with Crippen LogP contribution in [0.4, 0.5) is 5.82 Å². The van der Waals surface area contributed by atoms with Gasteiger partial charge in [-0.2, -0.15) is 5.10 Å². The molecular weight excluding hydrogens is 232 g/mol. The summed E-state index contributed by atoms with van der Waals surface area (Å²) in [5.41, 5.74) is 0. The van der Waals surface area contributed by atoms with E-state index in [4.69, 9.17) is 0 Å². The zero-order chi connectivity index (χ0) is 13.1. The second-order valence-corrected chi connectivity index (χ2v) is 4.50. The second-order valence-electron chi connectivity index (χ2n) is 4.50. The van der Waals surface area contributed by atoms with Crippen LogP contribution in [-0.4, -0.2) is 34.2 Å². The Balaban J connectivity index is 2.23. The first-order chi connectivity index (χ1) is 8.61. The topological polar surface area (TPSA) is 67.2 Å². The third-order valence-electron chi connectivity index (χ3n) is 3.02. The van der Waals surface area contributed by atoms with E-state index in [1.165, 1.54) is 0 Å². The molecule has 2 amide bonds. The lowest BCUT2D eigenvalue weighted by atomic mass is 10.1. The van der Waals surface area contributed by atoms with Crippen molar-refractivity contribution in [1.82, 2.24) is 15.1 Å². The van der Waals surface area contributed by atoms with Gasteiger partial charge in [-0.25, -0.2) is 0 Å². The van der Waals surface area contributed by atoms with Gasteiger partial charge in [0.15, 0.2) is 5.82 Å². The molecule has 1 aromatic heterocycles. The number of carbonyl (C=O) groups excluding carboxylic acids is 2. The van der Waals surface area contributed by atoms with Crippen molar-refractivity contribution in [2.75, 3.05) is 11.4 Å². The van der Waals surface area contributed by atoms with Crippen molar-refractivity contribution < 1.29 is 9.59 Å². The molecule has 0 spiro atoms. The van der Waals surface area contributed by atoms with Gasteiger partial charge in [-0.15, -0.1) is 0 Å².